The number of amides is 3. The number of aliphatic imine (C=N–C) groups is 1. The lowest BCUT2D eigenvalue weighted by atomic mass is 10.0. The van der Waals surface area contributed by atoms with Crippen molar-refractivity contribution in [3.8, 4) is 0 Å². The average Bonchev–Trinajstić information content (AvgIpc) is 2.88. The molecule has 0 aliphatic rings. The third kappa shape index (κ3) is 18.1. The van der Waals surface area contributed by atoms with Crippen LogP contribution in [0.5, 0.6) is 0 Å². The number of carboxylic acids is 3. The lowest BCUT2D eigenvalue weighted by Crippen LogP contribution is -2.55. The van der Waals surface area contributed by atoms with E-state index in [2.05, 4.69) is 20.9 Å². The molecule has 17 heteroatoms. The first-order chi connectivity index (χ1) is 19.3. The van der Waals surface area contributed by atoms with Gasteiger partial charge in [0, 0.05) is 19.4 Å². The third-order valence-corrected chi connectivity index (χ3v) is 5.91. The highest BCUT2D eigenvalue weighted by atomic mass is 16.4. The Balaban J connectivity index is 5.58. The van der Waals surface area contributed by atoms with E-state index in [1.54, 1.807) is 0 Å². The van der Waals surface area contributed by atoms with Gasteiger partial charge in [-0.25, -0.2) is 4.79 Å². The van der Waals surface area contributed by atoms with Crippen LogP contribution in [0, 0.1) is 0 Å². The monoisotopic (exact) mass is 588 g/mol. The Labute approximate surface area is 237 Å². The van der Waals surface area contributed by atoms with Crippen LogP contribution in [0.25, 0.3) is 0 Å². The van der Waals surface area contributed by atoms with Crippen molar-refractivity contribution in [1.82, 2.24) is 16.0 Å². The quantitative estimate of drug-likeness (QED) is 0.0337. The molecule has 3 amide bonds. The Hall–Kier alpha value is -3.99. The predicted molar refractivity (Wildman–Crippen MR) is 147 cm³/mol. The number of carboxylic acid groups (broad SMARTS) is 3. The van der Waals surface area contributed by atoms with Gasteiger partial charge < -0.3 is 54.2 Å². The van der Waals surface area contributed by atoms with Gasteiger partial charge >= 0.3 is 17.9 Å². The van der Waals surface area contributed by atoms with Crippen molar-refractivity contribution in [2.75, 3.05) is 13.1 Å². The maximum absolute atomic E-state index is 13.2. The number of hydrogen-bond acceptors (Lipinski definition) is 9. The van der Waals surface area contributed by atoms with Crippen LogP contribution in [0.4, 0.5) is 0 Å². The van der Waals surface area contributed by atoms with E-state index in [4.69, 9.17) is 33.1 Å². The minimum Gasteiger partial charge on any atom is -0.481 e. The first kappa shape index (κ1) is 37.0. The molecule has 0 saturated heterocycles. The minimum atomic E-state index is -1.30. The van der Waals surface area contributed by atoms with Gasteiger partial charge in [-0.05, 0) is 64.3 Å². The Morgan fingerprint density at radius 2 is 1.22 bits per heavy atom. The number of carbonyl (C=O) groups is 6. The van der Waals surface area contributed by atoms with Gasteiger partial charge in [0.2, 0.25) is 17.7 Å². The molecule has 0 bridgehead atoms. The van der Waals surface area contributed by atoms with E-state index in [0.717, 1.165) is 0 Å². The maximum Gasteiger partial charge on any atom is 0.326 e. The van der Waals surface area contributed by atoms with Crippen molar-refractivity contribution in [3.05, 3.63) is 0 Å². The molecule has 0 aliphatic carbocycles. The molecular weight excluding hydrogens is 544 g/mol. The molecule has 0 rings (SSSR count). The molecule has 41 heavy (non-hydrogen) atoms. The van der Waals surface area contributed by atoms with Crippen LogP contribution in [-0.4, -0.2) is 94.2 Å². The van der Waals surface area contributed by atoms with Crippen LogP contribution >= 0.6 is 0 Å². The fourth-order valence-electron chi connectivity index (χ4n) is 3.67. The zero-order valence-electron chi connectivity index (χ0n) is 23.0. The van der Waals surface area contributed by atoms with E-state index >= 15 is 0 Å². The van der Waals surface area contributed by atoms with Crippen molar-refractivity contribution in [2.24, 2.45) is 27.9 Å². The molecular formula is C24H44N8O9. The Morgan fingerprint density at radius 3 is 1.76 bits per heavy atom. The van der Waals surface area contributed by atoms with Gasteiger partial charge in [-0.2, -0.15) is 0 Å². The molecule has 0 heterocycles. The first-order valence-corrected chi connectivity index (χ1v) is 13.4. The molecule has 14 N–H and O–H groups in total. The van der Waals surface area contributed by atoms with Crippen LogP contribution in [0.2, 0.25) is 0 Å². The second-order valence-electron chi connectivity index (χ2n) is 9.44. The van der Waals surface area contributed by atoms with E-state index in [1.165, 1.54) is 0 Å². The van der Waals surface area contributed by atoms with E-state index in [-0.39, 0.29) is 70.3 Å². The number of aliphatic carboxylic acids is 3. The van der Waals surface area contributed by atoms with Crippen LogP contribution in [0.3, 0.4) is 0 Å². The number of carbonyl (C=O) groups excluding carboxylic acids is 3. The Morgan fingerprint density at radius 1 is 0.659 bits per heavy atom. The van der Waals surface area contributed by atoms with Gasteiger partial charge in [0.15, 0.2) is 5.96 Å². The number of nitrogens with zero attached hydrogens (tertiary/aromatic N) is 1. The van der Waals surface area contributed by atoms with Crippen LogP contribution < -0.4 is 38.9 Å². The lowest BCUT2D eigenvalue weighted by molar-refractivity contribution is -0.142. The molecule has 234 valence electrons. The molecule has 4 atom stereocenters. The third-order valence-electron chi connectivity index (χ3n) is 5.91. The van der Waals surface area contributed by atoms with Gasteiger partial charge in [-0.15, -0.1) is 0 Å². The van der Waals surface area contributed by atoms with E-state index < -0.39 is 59.8 Å². The van der Waals surface area contributed by atoms with Crippen LogP contribution in [0.1, 0.15) is 70.6 Å². The predicted octanol–water partition coefficient (Wildman–Crippen LogP) is -2.45. The molecule has 0 radical (unpaired) electrons. The summed E-state index contributed by atoms with van der Waals surface area (Å²) in [5.41, 5.74) is 21.6. The number of nitrogens with one attached hydrogen (secondary N) is 3. The van der Waals surface area contributed by atoms with Gasteiger partial charge in [0.1, 0.15) is 24.2 Å². The fraction of sp³-hybridized carbons (Fsp3) is 0.708. The molecule has 0 aromatic carbocycles. The maximum atomic E-state index is 13.2. The number of hydrogen-bond donors (Lipinski definition) is 10. The van der Waals surface area contributed by atoms with Crippen LogP contribution in [0.15, 0.2) is 4.99 Å². The largest absolute Gasteiger partial charge is 0.481 e. The van der Waals surface area contributed by atoms with Crippen molar-refractivity contribution in [2.45, 2.75) is 94.8 Å². The summed E-state index contributed by atoms with van der Waals surface area (Å²) in [5.74, 6) is -5.89. The van der Waals surface area contributed by atoms with Crippen LogP contribution in [-0.2, 0) is 28.8 Å². The van der Waals surface area contributed by atoms with Gasteiger partial charge in [0.05, 0.1) is 0 Å². The van der Waals surface area contributed by atoms with Gasteiger partial charge in [-0.1, -0.05) is 0 Å². The molecule has 17 nitrogen and oxygen atoms in total. The standard InChI is InChI=1S/C24H44N8O9/c25-12-2-1-7-16(21(37)32-17(23(40)41)9-5-13-29-24(27)28)31-20(36)15(8-3-6-14(26)22(38)39)30-18(33)10-4-11-19(34)35/h14-17H,1-13,25-26H2,(H,30,33)(H,31,36)(H,32,37)(H,34,35)(H,38,39)(H,40,41)(H4,27,28,29)/t14-,15+,16+,17+/m1/s1. The SMILES string of the molecule is NCCCC[C@H](NC(=O)[C@H](CCC[C@@H](N)C(=O)O)NC(=O)CCCC(=O)O)C(=O)N[C@@H](CCCN=C(N)N)C(=O)O. The van der Waals surface area contributed by atoms with Crippen molar-refractivity contribution in [3.63, 3.8) is 0 Å². The molecule has 0 unspecified atom stereocenters. The van der Waals surface area contributed by atoms with Gasteiger partial charge in [-0.3, -0.25) is 29.0 Å². The average molecular weight is 589 g/mol. The minimum absolute atomic E-state index is 0.00849. The molecule has 0 saturated carbocycles. The summed E-state index contributed by atoms with van der Waals surface area (Å²) in [5, 5.41) is 34.8. The second kappa shape index (κ2) is 20.8. The molecule has 0 aromatic heterocycles. The van der Waals surface area contributed by atoms with Gasteiger partial charge in [0.25, 0.3) is 0 Å². The zero-order chi connectivity index (χ0) is 31.4. The summed E-state index contributed by atoms with van der Waals surface area (Å²) in [6.07, 6.45) is 1.08. The highest BCUT2D eigenvalue weighted by Gasteiger charge is 2.29. The molecule has 0 aliphatic heterocycles. The highest BCUT2D eigenvalue weighted by molar-refractivity contribution is 5.93. The number of rotatable bonds is 23. The summed E-state index contributed by atoms with van der Waals surface area (Å²) < 4.78 is 0. The number of guanidine groups is 1. The summed E-state index contributed by atoms with van der Waals surface area (Å²) in [6, 6.07) is -4.82. The van der Waals surface area contributed by atoms with E-state index in [0.29, 0.717) is 19.4 Å². The zero-order valence-corrected chi connectivity index (χ0v) is 23.0. The summed E-state index contributed by atoms with van der Waals surface area (Å²) in [6.45, 7) is 0.474. The van der Waals surface area contributed by atoms with Crippen molar-refractivity contribution < 1.29 is 44.1 Å². The molecule has 0 aromatic rings. The summed E-state index contributed by atoms with van der Waals surface area (Å²) >= 11 is 0. The Bertz CT molecular complexity index is 912. The van der Waals surface area contributed by atoms with E-state index in [9.17, 15) is 33.9 Å². The van der Waals surface area contributed by atoms with Crippen molar-refractivity contribution >= 4 is 41.6 Å². The number of nitrogens with two attached hydrogens (primary N) is 4. The highest BCUT2D eigenvalue weighted by Crippen LogP contribution is 2.09. The van der Waals surface area contributed by atoms with E-state index in [1.807, 2.05) is 0 Å². The summed E-state index contributed by atoms with van der Waals surface area (Å²) in [4.78, 5) is 75.8. The summed E-state index contributed by atoms with van der Waals surface area (Å²) in [7, 11) is 0. The second-order valence-corrected chi connectivity index (χ2v) is 9.44. The molecule has 0 fully saturated rings. The smallest absolute Gasteiger partial charge is 0.326 e. The fourth-order valence-corrected chi connectivity index (χ4v) is 3.67. The first-order valence-electron chi connectivity index (χ1n) is 13.4. The molecule has 0 spiro atoms. The van der Waals surface area contributed by atoms with Crippen molar-refractivity contribution in [1.29, 1.82) is 0 Å². The Kier molecular flexibility index (Phi) is 18.8. The normalized spacial score (nSPS) is 13.6. The lowest BCUT2D eigenvalue weighted by Gasteiger charge is -2.25. The topological polar surface area (TPSA) is 316 Å². The number of unbranched alkanes of at least 4 members (excludes halogenated alkanes) is 1.